The van der Waals surface area contributed by atoms with Crippen molar-refractivity contribution in [1.82, 2.24) is 0 Å². The third kappa shape index (κ3) is 2.43. The predicted molar refractivity (Wildman–Crippen MR) is 102 cm³/mol. The van der Waals surface area contributed by atoms with Gasteiger partial charge in [0.15, 0.2) is 17.2 Å². The van der Waals surface area contributed by atoms with E-state index in [0.717, 1.165) is 19.3 Å². The normalized spacial score (nSPS) is 47.5. The van der Waals surface area contributed by atoms with E-state index >= 15 is 4.39 Å². The lowest BCUT2D eigenvalue weighted by Crippen LogP contribution is -2.59. The van der Waals surface area contributed by atoms with Gasteiger partial charge in [0.05, 0.1) is 0 Å². The Morgan fingerprint density at radius 1 is 1.11 bits per heavy atom. The van der Waals surface area contributed by atoms with E-state index in [0.29, 0.717) is 37.2 Å². The van der Waals surface area contributed by atoms with Crippen molar-refractivity contribution in [3.05, 3.63) is 11.6 Å². The zero-order valence-electron chi connectivity index (χ0n) is 17.3. The van der Waals surface area contributed by atoms with Gasteiger partial charge in [0, 0.05) is 18.8 Å². The van der Waals surface area contributed by atoms with Crippen molar-refractivity contribution in [1.29, 1.82) is 0 Å². The second-order valence-electron chi connectivity index (χ2n) is 10.0. The lowest BCUT2D eigenvalue weighted by atomic mass is 9.46. The number of carbonyl (C=O) groups is 3. The Morgan fingerprint density at radius 3 is 2.43 bits per heavy atom. The summed E-state index contributed by atoms with van der Waals surface area (Å²) in [5.41, 5.74) is -1.11. The van der Waals surface area contributed by atoms with Crippen molar-refractivity contribution >= 4 is 17.5 Å². The van der Waals surface area contributed by atoms with Gasteiger partial charge in [0.1, 0.15) is 6.17 Å². The van der Waals surface area contributed by atoms with Crippen LogP contribution in [0.1, 0.15) is 72.6 Å². The molecule has 4 aliphatic carbocycles. The van der Waals surface area contributed by atoms with Crippen LogP contribution in [0.3, 0.4) is 0 Å². The molecule has 0 spiro atoms. The molecule has 7 atom stereocenters. The maximum Gasteiger partial charge on any atom is 0.303 e. The largest absolute Gasteiger partial charge is 0.451 e. The van der Waals surface area contributed by atoms with Crippen molar-refractivity contribution in [2.45, 2.75) is 84.4 Å². The first-order valence-electron chi connectivity index (χ1n) is 10.6. The van der Waals surface area contributed by atoms with Gasteiger partial charge in [-0.3, -0.25) is 14.4 Å². The Kier molecular flexibility index (Phi) is 4.41. The molecule has 0 aromatic heterocycles. The maximum absolute atomic E-state index is 15.3. The summed E-state index contributed by atoms with van der Waals surface area (Å²) in [6.07, 6.45) is 5.07. The molecule has 4 nitrogen and oxygen atoms in total. The quantitative estimate of drug-likeness (QED) is 0.658. The van der Waals surface area contributed by atoms with E-state index in [9.17, 15) is 14.4 Å². The van der Waals surface area contributed by atoms with Gasteiger partial charge in [0.25, 0.3) is 0 Å². The van der Waals surface area contributed by atoms with E-state index in [-0.39, 0.29) is 28.8 Å². The summed E-state index contributed by atoms with van der Waals surface area (Å²) in [6, 6.07) is 0. The van der Waals surface area contributed by atoms with Crippen LogP contribution in [-0.2, 0) is 19.1 Å². The van der Waals surface area contributed by atoms with Crippen molar-refractivity contribution in [2.75, 3.05) is 0 Å². The van der Waals surface area contributed by atoms with Crippen LogP contribution < -0.4 is 0 Å². The van der Waals surface area contributed by atoms with Gasteiger partial charge in [-0.25, -0.2) is 4.39 Å². The van der Waals surface area contributed by atoms with Crippen LogP contribution in [0.2, 0.25) is 0 Å². The highest BCUT2D eigenvalue weighted by molar-refractivity contribution is 5.92. The maximum atomic E-state index is 15.3. The van der Waals surface area contributed by atoms with Crippen molar-refractivity contribution in [3.8, 4) is 0 Å². The van der Waals surface area contributed by atoms with E-state index in [4.69, 9.17) is 4.74 Å². The standard InChI is InChI=1S/C23H31FO4/c1-13(25)23(28-14(2)26)10-7-18-16-12-20(24)19-11-15(27)5-8-21(19,3)17(16)6-9-22(18,23)4/h11,16-18,20H,5-10,12H2,1-4H3/t16-,17+,18-,20+,21-,22-,23+/m1/s1. The summed E-state index contributed by atoms with van der Waals surface area (Å²) in [5, 5.41) is 0. The van der Waals surface area contributed by atoms with Gasteiger partial charge in [0.2, 0.25) is 0 Å². The van der Waals surface area contributed by atoms with Gasteiger partial charge >= 0.3 is 5.97 Å². The molecule has 0 bridgehead atoms. The summed E-state index contributed by atoms with van der Waals surface area (Å²) in [4.78, 5) is 36.5. The fraction of sp³-hybridized carbons (Fsp3) is 0.783. The second kappa shape index (κ2) is 6.24. The fourth-order valence-electron chi connectivity index (χ4n) is 7.62. The SMILES string of the molecule is CC(=O)O[C@]1(C(C)=O)CC[C@@H]2[C@@H]3C[C@H](F)C4=CC(=O)CC[C@]4(C)[C@H]3CC[C@]21C. The van der Waals surface area contributed by atoms with Crippen molar-refractivity contribution < 1.29 is 23.5 Å². The molecule has 3 fully saturated rings. The highest BCUT2D eigenvalue weighted by Gasteiger charge is 2.68. The number of carbonyl (C=O) groups excluding carboxylic acids is 3. The third-order valence-corrected chi connectivity index (χ3v) is 8.94. The number of hydrogen-bond donors (Lipinski definition) is 0. The predicted octanol–water partition coefficient (Wildman–Crippen LogP) is 4.36. The Morgan fingerprint density at radius 2 is 1.79 bits per heavy atom. The molecule has 0 amide bonds. The average Bonchev–Trinajstić information content (AvgIpc) is 2.90. The first-order valence-corrected chi connectivity index (χ1v) is 10.6. The minimum atomic E-state index is -1.10. The number of allylic oxidation sites excluding steroid dienone is 1. The van der Waals surface area contributed by atoms with E-state index in [1.807, 2.05) is 0 Å². The number of Topliss-reactive ketones (excluding diaryl/α,β-unsaturated/α-hetero) is 1. The van der Waals surface area contributed by atoms with Crippen molar-refractivity contribution in [3.63, 3.8) is 0 Å². The average molecular weight is 390 g/mol. The number of esters is 1. The third-order valence-electron chi connectivity index (χ3n) is 8.94. The van der Waals surface area contributed by atoms with Gasteiger partial charge < -0.3 is 4.74 Å². The Hall–Kier alpha value is -1.52. The molecule has 0 N–H and O–H groups in total. The number of hydrogen-bond acceptors (Lipinski definition) is 4. The van der Waals surface area contributed by atoms with E-state index in [1.165, 1.54) is 13.8 Å². The molecular weight excluding hydrogens is 359 g/mol. The van der Waals surface area contributed by atoms with Gasteiger partial charge in [-0.05, 0) is 80.3 Å². The zero-order chi connectivity index (χ0) is 20.5. The molecule has 5 heteroatoms. The number of alkyl halides is 1. The van der Waals surface area contributed by atoms with Crippen LogP contribution in [0, 0.1) is 28.6 Å². The minimum Gasteiger partial charge on any atom is -0.451 e. The van der Waals surface area contributed by atoms with Crippen LogP contribution in [0.15, 0.2) is 11.6 Å². The van der Waals surface area contributed by atoms with Gasteiger partial charge in [-0.2, -0.15) is 0 Å². The summed E-state index contributed by atoms with van der Waals surface area (Å²) < 4.78 is 21.0. The monoisotopic (exact) mass is 390 g/mol. The molecule has 0 unspecified atom stereocenters. The van der Waals surface area contributed by atoms with E-state index in [1.54, 1.807) is 6.08 Å². The molecule has 0 aromatic carbocycles. The molecular formula is C23H31FO4. The number of rotatable bonds is 2. The molecule has 0 saturated heterocycles. The molecule has 0 heterocycles. The lowest BCUT2D eigenvalue weighted by Gasteiger charge is -2.59. The van der Waals surface area contributed by atoms with E-state index in [2.05, 4.69) is 13.8 Å². The van der Waals surface area contributed by atoms with Crippen LogP contribution >= 0.6 is 0 Å². The van der Waals surface area contributed by atoms with Gasteiger partial charge in [-0.15, -0.1) is 0 Å². The molecule has 0 radical (unpaired) electrons. The minimum absolute atomic E-state index is 0.0422. The van der Waals surface area contributed by atoms with Crippen LogP contribution in [-0.4, -0.2) is 29.3 Å². The lowest BCUT2D eigenvalue weighted by molar-refractivity contribution is -0.188. The topological polar surface area (TPSA) is 60.4 Å². The second-order valence-corrected chi connectivity index (χ2v) is 10.0. The molecule has 4 aliphatic rings. The fourth-order valence-corrected chi connectivity index (χ4v) is 7.62. The number of ketones is 2. The Bertz CT molecular complexity index is 773. The molecule has 0 aliphatic heterocycles. The van der Waals surface area contributed by atoms with E-state index < -0.39 is 23.2 Å². The number of fused-ring (bicyclic) bond motifs is 5. The molecule has 154 valence electrons. The molecule has 0 aromatic rings. The summed E-state index contributed by atoms with van der Waals surface area (Å²) in [6.45, 7) is 7.10. The zero-order valence-corrected chi connectivity index (χ0v) is 17.3. The molecule has 3 saturated carbocycles. The van der Waals surface area contributed by atoms with Crippen LogP contribution in [0.25, 0.3) is 0 Å². The first kappa shape index (κ1) is 19.8. The van der Waals surface area contributed by atoms with Crippen molar-refractivity contribution in [2.24, 2.45) is 28.6 Å². The number of ether oxygens (including phenoxy) is 1. The smallest absolute Gasteiger partial charge is 0.303 e. The number of halogens is 1. The Balaban J connectivity index is 1.73. The van der Waals surface area contributed by atoms with Gasteiger partial charge in [-0.1, -0.05) is 13.8 Å². The highest BCUT2D eigenvalue weighted by atomic mass is 19.1. The molecule has 28 heavy (non-hydrogen) atoms. The van der Waals surface area contributed by atoms with Crippen LogP contribution in [0.5, 0.6) is 0 Å². The molecule has 4 rings (SSSR count). The first-order chi connectivity index (χ1) is 13.0. The summed E-state index contributed by atoms with van der Waals surface area (Å²) in [5.74, 6) is 0.158. The Labute approximate surface area is 166 Å². The van der Waals surface area contributed by atoms with Crippen LogP contribution in [0.4, 0.5) is 4.39 Å². The highest BCUT2D eigenvalue weighted by Crippen LogP contribution is 2.68. The summed E-state index contributed by atoms with van der Waals surface area (Å²) >= 11 is 0. The summed E-state index contributed by atoms with van der Waals surface area (Å²) in [7, 11) is 0.